The zero-order valence-corrected chi connectivity index (χ0v) is 16.4. The Morgan fingerprint density at radius 3 is 2.46 bits per heavy atom. The smallest absolute Gasteiger partial charge is 0.161 e. The van der Waals surface area contributed by atoms with Gasteiger partial charge >= 0.3 is 0 Å². The molecule has 0 unspecified atom stereocenters. The second kappa shape index (κ2) is 9.37. The summed E-state index contributed by atoms with van der Waals surface area (Å²) in [6.07, 6.45) is 0.872. The molecule has 5 nitrogen and oxygen atoms in total. The first kappa shape index (κ1) is 19.9. The van der Waals surface area contributed by atoms with E-state index in [1.165, 1.54) is 12.1 Å². The number of hydrogen-bond acceptors (Lipinski definition) is 5. The molecule has 6 heteroatoms. The van der Waals surface area contributed by atoms with Gasteiger partial charge in [-0.15, -0.1) is 0 Å². The third-order valence-electron chi connectivity index (χ3n) is 4.60. The molecule has 3 aromatic rings. The van der Waals surface area contributed by atoms with Crippen molar-refractivity contribution in [3.05, 3.63) is 76.4 Å². The van der Waals surface area contributed by atoms with Crippen LogP contribution in [-0.4, -0.2) is 18.8 Å². The van der Waals surface area contributed by atoms with E-state index >= 15 is 0 Å². The number of benzene rings is 2. The second-order valence-corrected chi connectivity index (χ2v) is 6.63. The minimum Gasteiger partial charge on any atom is -0.493 e. The summed E-state index contributed by atoms with van der Waals surface area (Å²) >= 11 is 0. The molecule has 0 bridgehead atoms. The van der Waals surface area contributed by atoms with E-state index in [0.29, 0.717) is 18.1 Å². The molecule has 0 radical (unpaired) electrons. The summed E-state index contributed by atoms with van der Waals surface area (Å²) < 4.78 is 29.5. The number of rotatable bonds is 9. The summed E-state index contributed by atoms with van der Waals surface area (Å²) in [6, 6.07) is 12.1. The van der Waals surface area contributed by atoms with Crippen LogP contribution in [0.1, 0.15) is 28.1 Å². The summed E-state index contributed by atoms with van der Waals surface area (Å²) in [5.41, 5.74) is 4.11. The van der Waals surface area contributed by atoms with Gasteiger partial charge in [0.2, 0.25) is 0 Å². The molecule has 0 spiro atoms. The van der Waals surface area contributed by atoms with E-state index in [9.17, 15) is 4.39 Å². The van der Waals surface area contributed by atoms with Crippen LogP contribution < -0.4 is 14.8 Å². The van der Waals surface area contributed by atoms with E-state index in [2.05, 4.69) is 10.5 Å². The molecule has 0 saturated carbocycles. The van der Waals surface area contributed by atoms with E-state index in [1.807, 2.05) is 32.0 Å². The molecule has 28 heavy (non-hydrogen) atoms. The molecule has 2 aromatic carbocycles. The maximum atomic E-state index is 13.0. The summed E-state index contributed by atoms with van der Waals surface area (Å²) in [5.74, 6) is 1.95. The Morgan fingerprint density at radius 1 is 1.04 bits per heavy atom. The molecular weight excluding hydrogens is 359 g/mol. The van der Waals surface area contributed by atoms with Gasteiger partial charge in [-0.2, -0.15) is 0 Å². The number of hydrogen-bond donors (Lipinski definition) is 1. The van der Waals surface area contributed by atoms with Crippen LogP contribution in [0.4, 0.5) is 4.39 Å². The van der Waals surface area contributed by atoms with E-state index in [-0.39, 0.29) is 5.82 Å². The first-order valence-corrected chi connectivity index (χ1v) is 9.23. The molecule has 0 aliphatic rings. The van der Waals surface area contributed by atoms with Gasteiger partial charge in [-0.05, 0) is 62.2 Å². The SMILES string of the molecule is COc1cc(CNCCc2c(C)noc2C)ccc1OCc1ccc(F)cc1. The van der Waals surface area contributed by atoms with Crippen LogP contribution in [0.5, 0.6) is 11.5 Å². The van der Waals surface area contributed by atoms with Crippen molar-refractivity contribution < 1.29 is 18.4 Å². The minimum atomic E-state index is -0.257. The Balaban J connectivity index is 1.52. The Hall–Kier alpha value is -2.86. The van der Waals surface area contributed by atoms with Crippen LogP contribution >= 0.6 is 0 Å². The third-order valence-corrected chi connectivity index (χ3v) is 4.60. The highest BCUT2D eigenvalue weighted by molar-refractivity contribution is 5.43. The van der Waals surface area contributed by atoms with Gasteiger partial charge in [-0.1, -0.05) is 23.4 Å². The number of nitrogens with one attached hydrogen (secondary N) is 1. The lowest BCUT2D eigenvalue weighted by molar-refractivity contribution is 0.284. The summed E-state index contributed by atoms with van der Waals surface area (Å²) in [7, 11) is 1.62. The van der Waals surface area contributed by atoms with Crippen molar-refractivity contribution in [1.82, 2.24) is 10.5 Å². The molecule has 1 aromatic heterocycles. The fraction of sp³-hybridized carbons (Fsp3) is 0.318. The fourth-order valence-corrected chi connectivity index (χ4v) is 2.99. The van der Waals surface area contributed by atoms with Crippen molar-refractivity contribution in [3.63, 3.8) is 0 Å². The summed E-state index contributed by atoms with van der Waals surface area (Å²) in [6.45, 7) is 5.80. The van der Waals surface area contributed by atoms with Gasteiger partial charge < -0.3 is 19.3 Å². The lowest BCUT2D eigenvalue weighted by atomic mass is 10.1. The monoisotopic (exact) mass is 384 g/mol. The molecule has 148 valence electrons. The van der Waals surface area contributed by atoms with Crippen molar-refractivity contribution in [3.8, 4) is 11.5 Å². The quantitative estimate of drug-likeness (QED) is 0.556. The Bertz CT molecular complexity index is 887. The Morgan fingerprint density at radius 2 is 1.79 bits per heavy atom. The van der Waals surface area contributed by atoms with Gasteiger partial charge in [0.15, 0.2) is 11.5 Å². The predicted molar refractivity (Wildman–Crippen MR) is 105 cm³/mol. The molecule has 0 aliphatic heterocycles. The highest BCUT2D eigenvalue weighted by Gasteiger charge is 2.09. The van der Waals surface area contributed by atoms with Crippen molar-refractivity contribution in [2.75, 3.05) is 13.7 Å². The molecule has 0 saturated heterocycles. The zero-order valence-electron chi connectivity index (χ0n) is 16.4. The fourth-order valence-electron chi connectivity index (χ4n) is 2.99. The van der Waals surface area contributed by atoms with Gasteiger partial charge in [-0.25, -0.2) is 4.39 Å². The number of aromatic nitrogens is 1. The van der Waals surface area contributed by atoms with E-state index in [4.69, 9.17) is 14.0 Å². The van der Waals surface area contributed by atoms with Crippen LogP contribution in [0.3, 0.4) is 0 Å². The average Bonchev–Trinajstić information content (AvgIpc) is 3.03. The van der Waals surface area contributed by atoms with Gasteiger partial charge in [0.1, 0.15) is 18.2 Å². The average molecular weight is 384 g/mol. The molecule has 0 fully saturated rings. The second-order valence-electron chi connectivity index (χ2n) is 6.63. The molecule has 1 N–H and O–H groups in total. The number of halogens is 1. The molecule has 1 heterocycles. The first-order chi connectivity index (χ1) is 13.6. The van der Waals surface area contributed by atoms with E-state index < -0.39 is 0 Å². The van der Waals surface area contributed by atoms with Gasteiger partial charge in [-0.3, -0.25) is 0 Å². The summed E-state index contributed by atoms with van der Waals surface area (Å²) in [4.78, 5) is 0. The predicted octanol–water partition coefficient (Wildman–Crippen LogP) is 4.35. The van der Waals surface area contributed by atoms with Crippen molar-refractivity contribution in [2.24, 2.45) is 0 Å². The molecule has 3 rings (SSSR count). The number of nitrogens with zero attached hydrogens (tertiary/aromatic N) is 1. The van der Waals surface area contributed by atoms with Crippen LogP contribution in [0, 0.1) is 19.7 Å². The van der Waals surface area contributed by atoms with Crippen molar-refractivity contribution in [1.29, 1.82) is 0 Å². The first-order valence-electron chi connectivity index (χ1n) is 9.23. The van der Waals surface area contributed by atoms with E-state index in [1.54, 1.807) is 19.2 Å². The number of methoxy groups -OCH3 is 1. The Labute approximate surface area is 164 Å². The normalized spacial score (nSPS) is 10.9. The summed E-state index contributed by atoms with van der Waals surface area (Å²) in [5, 5.41) is 7.40. The zero-order chi connectivity index (χ0) is 19.9. The van der Waals surface area contributed by atoms with Crippen LogP contribution in [-0.2, 0) is 19.6 Å². The van der Waals surface area contributed by atoms with Crippen molar-refractivity contribution in [2.45, 2.75) is 33.4 Å². The Kier molecular flexibility index (Phi) is 6.66. The third kappa shape index (κ3) is 5.10. The van der Waals surface area contributed by atoms with Crippen molar-refractivity contribution >= 4 is 0 Å². The lowest BCUT2D eigenvalue weighted by Gasteiger charge is -2.13. The minimum absolute atomic E-state index is 0.257. The highest BCUT2D eigenvalue weighted by atomic mass is 19.1. The van der Waals surface area contributed by atoms with Crippen LogP contribution in [0.15, 0.2) is 47.0 Å². The van der Waals surface area contributed by atoms with Crippen LogP contribution in [0.2, 0.25) is 0 Å². The highest BCUT2D eigenvalue weighted by Crippen LogP contribution is 2.29. The maximum absolute atomic E-state index is 13.0. The maximum Gasteiger partial charge on any atom is 0.161 e. The molecule has 0 amide bonds. The van der Waals surface area contributed by atoms with Gasteiger partial charge in [0.05, 0.1) is 12.8 Å². The standard InChI is InChI=1S/C22H25FN2O3/c1-15-20(16(2)28-25-15)10-11-24-13-18-6-9-21(22(12-18)26-3)27-14-17-4-7-19(23)8-5-17/h4-9,12,24H,10-11,13-14H2,1-3H3. The van der Waals surface area contributed by atoms with E-state index in [0.717, 1.165) is 47.7 Å². The number of aryl methyl sites for hydroxylation is 2. The van der Waals surface area contributed by atoms with Crippen LogP contribution in [0.25, 0.3) is 0 Å². The lowest BCUT2D eigenvalue weighted by Crippen LogP contribution is -2.17. The molecule has 0 atom stereocenters. The van der Waals surface area contributed by atoms with Gasteiger partial charge in [0.25, 0.3) is 0 Å². The molecular formula is C22H25FN2O3. The topological polar surface area (TPSA) is 56.5 Å². The molecule has 0 aliphatic carbocycles. The van der Waals surface area contributed by atoms with Gasteiger partial charge in [0, 0.05) is 12.1 Å². The number of ether oxygens (including phenoxy) is 2. The largest absolute Gasteiger partial charge is 0.493 e.